The predicted molar refractivity (Wildman–Crippen MR) is 89.2 cm³/mol. The molecule has 1 atom stereocenters. The topological polar surface area (TPSA) is 28.4 Å². The van der Waals surface area contributed by atoms with Crippen LogP contribution in [-0.4, -0.2) is 31.1 Å². The van der Waals surface area contributed by atoms with Gasteiger partial charge in [0.25, 0.3) is 0 Å². The van der Waals surface area contributed by atoms with Crippen LogP contribution < -0.4 is 5.32 Å². The van der Waals surface area contributed by atoms with Crippen LogP contribution in [0.15, 0.2) is 16.5 Å². The van der Waals surface area contributed by atoms with E-state index in [2.05, 4.69) is 43.1 Å². The van der Waals surface area contributed by atoms with E-state index in [0.29, 0.717) is 12.0 Å². The third-order valence-electron chi connectivity index (χ3n) is 3.65. The number of rotatable bonds is 5. The van der Waals surface area contributed by atoms with Crippen molar-refractivity contribution in [2.75, 3.05) is 26.2 Å². The van der Waals surface area contributed by atoms with E-state index >= 15 is 0 Å². The summed E-state index contributed by atoms with van der Waals surface area (Å²) in [5.74, 6) is 2.96. The lowest BCUT2D eigenvalue weighted by Gasteiger charge is -2.34. The highest BCUT2D eigenvalue weighted by Crippen LogP contribution is 2.29. The maximum atomic E-state index is 5.99. The van der Waals surface area contributed by atoms with Gasteiger partial charge < -0.3 is 9.73 Å². The molecule has 1 aromatic rings. The number of hydrogen-bond acceptors (Lipinski definition) is 3. The zero-order valence-corrected chi connectivity index (χ0v) is 14.4. The van der Waals surface area contributed by atoms with Gasteiger partial charge in [-0.1, -0.05) is 20.8 Å². The predicted octanol–water partition coefficient (Wildman–Crippen LogP) is 3.68. The number of hydrogen-bond donors (Lipinski definition) is 1. The average Bonchev–Trinajstić information content (AvgIpc) is 2.85. The van der Waals surface area contributed by atoms with Crippen molar-refractivity contribution in [2.45, 2.75) is 39.7 Å². The van der Waals surface area contributed by atoms with Gasteiger partial charge in [-0.25, -0.2) is 0 Å². The zero-order valence-electron chi connectivity index (χ0n) is 12.7. The molecular formula is C15H28Cl2N2O. The molecule has 1 fully saturated rings. The maximum Gasteiger partial charge on any atom is 0.121 e. The standard InChI is InChI=1S/C15H26N2O.2ClH/c1-4-13-5-6-15(18-13)14(11-12(2)3)17-9-7-16-8-10-17;;/h5-6,12,14,16H,4,7-11H2,1-3H3;2*1H/t14-;;/m0../s1. The molecule has 1 saturated heterocycles. The van der Waals surface area contributed by atoms with Crippen molar-refractivity contribution in [3.63, 3.8) is 0 Å². The highest BCUT2D eigenvalue weighted by molar-refractivity contribution is 5.85. The molecule has 1 aliphatic heterocycles. The van der Waals surface area contributed by atoms with Gasteiger partial charge in [-0.2, -0.15) is 0 Å². The molecule has 0 radical (unpaired) electrons. The minimum atomic E-state index is 0. The van der Waals surface area contributed by atoms with E-state index in [9.17, 15) is 0 Å². The summed E-state index contributed by atoms with van der Waals surface area (Å²) in [6.45, 7) is 11.2. The molecule has 0 unspecified atom stereocenters. The molecule has 0 aromatic carbocycles. The zero-order chi connectivity index (χ0) is 13.0. The molecule has 1 aromatic heterocycles. The number of aryl methyl sites for hydroxylation is 1. The van der Waals surface area contributed by atoms with Crippen LogP contribution in [0.5, 0.6) is 0 Å². The summed E-state index contributed by atoms with van der Waals surface area (Å²) in [6, 6.07) is 4.76. The van der Waals surface area contributed by atoms with Crippen molar-refractivity contribution in [1.82, 2.24) is 10.2 Å². The van der Waals surface area contributed by atoms with Crippen LogP contribution >= 0.6 is 24.8 Å². The van der Waals surface area contributed by atoms with Gasteiger partial charge in [0, 0.05) is 32.6 Å². The fourth-order valence-electron chi connectivity index (χ4n) is 2.65. The summed E-state index contributed by atoms with van der Waals surface area (Å²) in [5.41, 5.74) is 0. The Labute approximate surface area is 135 Å². The van der Waals surface area contributed by atoms with Crippen LogP contribution in [-0.2, 0) is 6.42 Å². The van der Waals surface area contributed by atoms with Crippen molar-refractivity contribution < 1.29 is 4.42 Å². The van der Waals surface area contributed by atoms with Gasteiger partial charge in [-0.05, 0) is 24.5 Å². The highest BCUT2D eigenvalue weighted by atomic mass is 35.5. The lowest BCUT2D eigenvalue weighted by Crippen LogP contribution is -2.45. The first-order chi connectivity index (χ1) is 8.70. The van der Waals surface area contributed by atoms with Gasteiger partial charge >= 0.3 is 0 Å². The Bertz CT molecular complexity index is 363. The molecule has 0 bridgehead atoms. The van der Waals surface area contributed by atoms with Crippen molar-refractivity contribution in [1.29, 1.82) is 0 Å². The first kappa shape index (κ1) is 19.8. The number of piperazine rings is 1. The van der Waals surface area contributed by atoms with E-state index in [-0.39, 0.29) is 24.8 Å². The molecule has 20 heavy (non-hydrogen) atoms. The molecular weight excluding hydrogens is 295 g/mol. The molecule has 1 aliphatic rings. The maximum absolute atomic E-state index is 5.99. The van der Waals surface area contributed by atoms with E-state index in [1.165, 1.54) is 6.42 Å². The number of nitrogens with one attached hydrogen (secondary N) is 1. The minimum absolute atomic E-state index is 0. The van der Waals surface area contributed by atoms with Crippen molar-refractivity contribution in [3.8, 4) is 0 Å². The summed E-state index contributed by atoms with van der Waals surface area (Å²) in [6.07, 6.45) is 2.16. The van der Waals surface area contributed by atoms with Crippen molar-refractivity contribution in [3.05, 3.63) is 23.7 Å². The molecule has 0 spiro atoms. The Kier molecular flexibility index (Phi) is 9.56. The molecule has 0 aliphatic carbocycles. The van der Waals surface area contributed by atoms with E-state index in [1.54, 1.807) is 0 Å². The second kappa shape index (κ2) is 9.67. The van der Waals surface area contributed by atoms with Crippen LogP contribution in [0.4, 0.5) is 0 Å². The van der Waals surface area contributed by atoms with Gasteiger partial charge in [-0.15, -0.1) is 24.8 Å². The Morgan fingerprint density at radius 3 is 2.35 bits per heavy atom. The third kappa shape index (κ3) is 5.28. The fraction of sp³-hybridized carbons (Fsp3) is 0.733. The molecule has 1 N–H and O–H groups in total. The molecule has 2 heterocycles. The van der Waals surface area contributed by atoms with Gasteiger partial charge in [0.1, 0.15) is 11.5 Å². The van der Waals surface area contributed by atoms with Crippen LogP contribution in [0.1, 0.15) is 44.8 Å². The summed E-state index contributed by atoms with van der Waals surface area (Å²) < 4.78 is 5.99. The number of nitrogens with zero attached hydrogens (tertiary/aromatic N) is 1. The summed E-state index contributed by atoms with van der Waals surface area (Å²) in [4.78, 5) is 2.56. The van der Waals surface area contributed by atoms with Gasteiger partial charge in [0.2, 0.25) is 0 Å². The first-order valence-electron chi connectivity index (χ1n) is 7.24. The summed E-state index contributed by atoms with van der Waals surface area (Å²) in [5, 5.41) is 3.42. The Balaban J connectivity index is 0.00000180. The highest BCUT2D eigenvalue weighted by Gasteiger charge is 2.25. The van der Waals surface area contributed by atoms with Crippen molar-refractivity contribution >= 4 is 24.8 Å². The summed E-state index contributed by atoms with van der Waals surface area (Å²) >= 11 is 0. The largest absolute Gasteiger partial charge is 0.464 e. The lowest BCUT2D eigenvalue weighted by molar-refractivity contribution is 0.134. The van der Waals surface area contributed by atoms with Gasteiger partial charge in [-0.3, -0.25) is 4.90 Å². The Morgan fingerprint density at radius 2 is 1.85 bits per heavy atom. The van der Waals surface area contributed by atoms with Crippen LogP contribution in [0.2, 0.25) is 0 Å². The monoisotopic (exact) mass is 322 g/mol. The smallest absolute Gasteiger partial charge is 0.121 e. The third-order valence-corrected chi connectivity index (χ3v) is 3.65. The van der Waals surface area contributed by atoms with E-state index in [0.717, 1.165) is 44.1 Å². The Hall–Kier alpha value is -0.220. The molecule has 0 saturated carbocycles. The van der Waals surface area contributed by atoms with Crippen molar-refractivity contribution in [2.24, 2.45) is 5.92 Å². The van der Waals surface area contributed by atoms with Gasteiger partial charge in [0.15, 0.2) is 0 Å². The molecule has 0 amide bonds. The van der Waals surface area contributed by atoms with E-state index < -0.39 is 0 Å². The average molecular weight is 323 g/mol. The first-order valence-corrected chi connectivity index (χ1v) is 7.24. The second-order valence-electron chi connectivity index (χ2n) is 5.59. The molecule has 118 valence electrons. The van der Waals surface area contributed by atoms with Crippen LogP contribution in [0.3, 0.4) is 0 Å². The van der Waals surface area contributed by atoms with E-state index in [4.69, 9.17) is 4.42 Å². The van der Waals surface area contributed by atoms with Crippen LogP contribution in [0, 0.1) is 5.92 Å². The SMILES string of the molecule is CCc1ccc([C@H](CC(C)C)N2CCNCC2)o1.Cl.Cl. The molecule has 5 heteroatoms. The summed E-state index contributed by atoms with van der Waals surface area (Å²) in [7, 11) is 0. The van der Waals surface area contributed by atoms with Gasteiger partial charge in [0.05, 0.1) is 6.04 Å². The minimum Gasteiger partial charge on any atom is -0.464 e. The lowest BCUT2D eigenvalue weighted by atomic mass is 10.00. The Morgan fingerprint density at radius 1 is 1.20 bits per heavy atom. The second-order valence-corrected chi connectivity index (χ2v) is 5.59. The number of furan rings is 1. The van der Waals surface area contributed by atoms with E-state index in [1.807, 2.05) is 0 Å². The quantitative estimate of drug-likeness (QED) is 0.896. The molecule has 3 nitrogen and oxygen atoms in total. The molecule has 2 rings (SSSR count). The normalized spacial score (nSPS) is 17.4. The van der Waals surface area contributed by atoms with Crippen LogP contribution in [0.25, 0.3) is 0 Å². The number of halogens is 2. The fourth-order valence-corrected chi connectivity index (χ4v) is 2.65.